The highest BCUT2D eigenvalue weighted by atomic mass is 32.2. The molecule has 18 heavy (non-hydrogen) atoms. The van der Waals surface area contributed by atoms with Crippen LogP contribution in [0.4, 0.5) is 0 Å². The highest BCUT2D eigenvalue weighted by Crippen LogP contribution is 2.15. The van der Waals surface area contributed by atoms with Crippen LogP contribution in [0, 0.1) is 12.8 Å². The number of nitrogens with two attached hydrogens (primary N) is 1. The first-order valence-corrected chi connectivity index (χ1v) is 7.68. The molecule has 0 aliphatic carbocycles. The first-order chi connectivity index (χ1) is 8.40. The minimum atomic E-state index is -3.42. The molecule has 1 rings (SSSR count). The predicted octanol–water partition coefficient (Wildman–Crippen LogP) is 1.78. The summed E-state index contributed by atoms with van der Waals surface area (Å²) in [5.74, 6) is 0.333. The van der Waals surface area contributed by atoms with Crippen molar-refractivity contribution in [3.8, 4) is 0 Å². The van der Waals surface area contributed by atoms with Crippen molar-refractivity contribution in [1.29, 1.82) is 0 Å². The molecule has 1 unspecified atom stereocenters. The number of rotatable bonds is 6. The van der Waals surface area contributed by atoms with E-state index in [1.807, 2.05) is 20.8 Å². The van der Waals surface area contributed by atoms with Crippen molar-refractivity contribution in [2.24, 2.45) is 11.7 Å². The third-order valence-electron chi connectivity index (χ3n) is 3.17. The van der Waals surface area contributed by atoms with E-state index in [4.69, 9.17) is 5.73 Å². The molecule has 0 bridgehead atoms. The molecule has 0 aliphatic rings. The normalized spacial score (nSPS) is 13.6. The van der Waals surface area contributed by atoms with Gasteiger partial charge in [0.25, 0.3) is 0 Å². The smallest absolute Gasteiger partial charge is 0.240 e. The van der Waals surface area contributed by atoms with Crippen molar-refractivity contribution in [1.82, 2.24) is 4.72 Å². The van der Waals surface area contributed by atoms with Crippen molar-refractivity contribution in [2.45, 2.75) is 38.6 Å². The van der Waals surface area contributed by atoms with Crippen LogP contribution in [0.25, 0.3) is 0 Å². The molecular weight excluding hydrogens is 248 g/mol. The van der Waals surface area contributed by atoms with Crippen molar-refractivity contribution in [3.05, 3.63) is 29.3 Å². The summed E-state index contributed by atoms with van der Waals surface area (Å²) in [7, 11) is -3.42. The minimum absolute atomic E-state index is 0.289. The Morgan fingerprint density at radius 2 is 2.06 bits per heavy atom. The van der Waals surface area contributed by atoms with Crippen LogP contribution in [-0.4, -0.2) is 15.0 Å². The number of nitrogens with one attached hydrogen (secondary N) is 1. The Morgan fingerprint density at radius 3 is 2.61 bits per heavy atom. The van der Waals surface area contributed by atoms with Gasteiger partial charge in [0.1, 0.15) is 0 Å². The van der Waals surface area contributed by atoms with E-state index in [1.54, 1.807) is 18.2 Å². The molecule has 0 saturated heterocycles. The number of benzene rings is 1. The molecule has 3 N–H and O–H groups in total. The summed E-state index contributed by atoms with van der Waals surface area (Å²) in [6, 6.07) is 5.06. The van der Waals surface area contributed by atoms with Gasteiger partial charge in [-0.2, -0.15) is 0 Å². The summed E-state index contributed by atoms with van der Waals surface area (Å²) in [6.07, 6.45) is 0.949. The van der Waals surface area contributed by atoms with Crippen LogP contribution in [0.3, 0.4) is 0 Å². The molecular formula is C13H22N2O2S. The lowest BCUT2D eigenvalue weighted by molar-refractivity contribution is 0.528. The molecule has 0 amide bonds. The molecule has 1 aromatic rings. The number of aryl methyl sites for hydroxylation is 1. The fourth-order valence-electron chi connectivity index (χ4n) is 1.51. The van der Waals surface area contributed by atoms with Crippen molar-refractivity contribution < 1.29 is 8.42 Å². The van der Waals surface area contributed by atoms with Crippen LogP contribution in [0.1, 0.15) is 31.4 Å². The highest BCUT2D eigenvalue weighted by Gasteiger charge is 2.15. The van der Waals surface area contributed by atoms with E-state index in [-0.39, 0.29) is 4.90 Å². The lowest BCUT2D eigenvalue weighted by Crippen LogP contribution is -2.28. The van der Waals surface area contributed by atoms with Gasteiger partial charge in [-0.1, -0.05) is 26.3 Å². The average Bonchev–Trinajstić information content (AvgIpc) is 2.36. The van der Waals surface area contributed by atoms with Crippen molar-refractivity contribution in [3.63, 3.8) is 0 Å². The minimum Gasteiger partial charge on any atom is -0.326 e. The second-order valence-electron chi connectivity index (χ2n) is 4.66. The second-order valence-corrected chi connectivity index (χ2v) is 6.42. The fraction of sp³-hybridized carbons (Fsp3) is 0.538. The molecule has 1 atom stereocenters. The largest absolute Gasteiger partial charge is 0.326 e. The summed E-state index contributed by atoms with van der Waals surface area (Å²) in [5, 5.41) is 0. The van der Waals surface area contributed by atoms with E-state index >= 15 is 0 Å². The Morgan fingerprint density at radius 1 is 1.39 bits per heavy atom. The molecule has 0 heterocycles. The summed E-state index contributed by atoms with van der Waals surface area (Å²) in [4.78, 5) is 0.289. The first kappa shape index (κ1) is 15.1. The molecule has 102 valence electrons. The lowest BCUT2D eigenvalue weighted by atomic mass is 10.1. The predicted molar refractivity (Wildman–Crippen MR) is 73.7 cm³/mol. The van der Waals surface area contributed by atoms with E-state index in [2.05, 4.69) is 4.72 Å². The third-order valence-corrected chi connectivity index (χ3v) is 4.59. The van der Waals surface area contributed by atoms with Gasteiger partial charge in [-0.15, -0.1) is 0 Å². The first-order valence-electron chi connectivity index (χ1n) is 6.20. The fourth-order valence-corrected chi connectivity index (χ4v) is 2.73. The van der Waals surface area contributed by atoms with Crippen LogP contribution < -0.4 is 10.5 Å². The molecule has 4 nitrogen and oxygen atoms in total. The number of sulfonamides is 1. The zero-order valence-corrected chi connectivity index (χ0v) is 12.0. The summed E-state index contributed by atoms with van der Waals surface area (Å²) < 4.78 is 26.8. The van der Waals surface area contributed by atoms with Crippen LogP contribution in [0.15, 0.2) is 23.1 Å². The zero-order valence-electron chi connectivity index (χ0n) is 11.2. The summed E-state index contributed by atoms with van der Waals surface area (Å²) in [6.45, 7) is 6.79. The van der Waals surface area contributed by atoms with E-state index < -0.39 is 10.0 Å². The molecule has 0 aromatic heterocycles. The maximum absolute atomic E-state index is 12.1. The summed E-state index contributed by atoms with van der Waals surface area (Å²) >= 11 is 0. The van der Waals surface area contributed by atoms with E-state index in [0.29, 0.717) is 19.0 Å². The standard InChI is InChI=1S/C13H22N2O2S/c1-4-10(2)9-15-18(16,17)13-6-5-11(3)12(7-13)8-14/h5-7,10,15H,4,8-9,14H2,1-3H3. The maximum atomic E-state index is 12.1. The molecule has 0 saturated carbocycles. The van der Waals surface area contributed by atoms with Gasteiger partial charge in [0.05, 0.1) is 4.90 Å². The van der Waals surface area contributed by atoms with E-state index in [0.717, 1.165) is 17.5 Å². The van der Waals surface area contributed by atoms with E-state index in [9.17, 15) is 8.42 Å². The van der Waals surface area contributed by atoms with Gasteiger partial charge in [-0.25, -0.2) is 13.1 Å². The van der Waals surface area contributed by atoms with Crippen LogP contribution in [-0.2, 0) is 16.6 Å². The zero-order chi connectivity index (χ0) is 13.8. The van der Waals surface area contributed by atoms with Gasteiger partial charge in [0.15, 0.2) is 0 Å². The van der Waals surface area contributed by atoms with Crippen LogP contribution in [0.2, 0.25) is 0 Å². The molecule has 0 radical (unpaired) electrons. The summed E-state index contributed by atoms with van der Waals surface area (Å²) in [5.41, 5.74) is 7.47. The van der Waals surface area contributed by atoms with Crippen molar-refractivity contribution >= 4 is 10.0 Å². The Bertz CT molecular complexity index is 498. The molecule has 1 aromatic carbocycles. The van der Waals surface area contributed by atoms with Crippen LogP contribution >= 0.6 is 0 Å². The van der Waals surface area contributed by atoms with E-state index in [1.165, 1.54) is 0 Å². The Hall–Kier alpha value is -0.910. The quantitative estimate of drug-likeness (QED) is 0.827. The lowest BCUT2D eigenvalue weighted by Gasteiger charge is -2.12. The van der Waals surface area contributed by atoms with Crippen LogP contribution in [0.5, 0.6) is 0 Å². The Balaban J connectivity index is 2.91. The monoisotopic (exact) mass is 270 g/mol. The maximum Gasteiger partial charge on any atom is 0.240 e. The van der Waals surface area contributed by atoms with Gasteiger partial charge < -0.3 is 5.73 Å². The molecule has 0 spiro atoms. The van der Waals surface area contributed by atoms with Gasteiger partial charge in [0, 0.05) is 13.1 Å². The van der Waals surface area contributed by atoms with Gasteiger partial charge in [-0.05, 0) is 36.1 Å². The second kappa shape index (κ2) is 6.31. The number of hydrogen-bond acceptors (Lipinski definition) is 3. The Labute approximate surface area is 110 Å². The van der Waals surface area contributed by atoms with Gasteiger partial charge in [-0.3, -0.25) is 0 Å². The molecule has 0 fully saturated rings. The SMILES string of the molecule is CCC(C)CNS(=O)(=O)c1ccc(C)c(CN)c1. The Kier molecular flexibility index (Phi) is 5.31. The number of hydrogen-bond donors (Lipinski definition) is 2. The molecule has 5 heteroatoms. The average molecular weight is 270 g/mol. The van der Waals surface area contributed by atoms with Gasteiger partial charge in [0.2, 0.25) is 10.0 Å². The van der Waals surface area contributed by atoms with Gasteiger partial charge >= 0.3 is 0 Å². The molecule has 0 aliphatic heterocycles. The highest BCUT2D eigenvalue weighted by molar-refractivity contribution is 7.89. The third kappa shape index (κ3) is 3.80. The topological polar surface area (TPSA) is 72.2 Å². The van der Waals surface area contributed by atoms with Crippen molar-refractivity contribution in [2.75, 3.05) is 6.54 Å².